The summed E-state index contributed by atoms with van der Waals surface area (Å²) in [7, 11) is 2.56. The number of H-pyrrole nitrogens is 2. The molecule has 4 amide bonds. The van der Waals surface area contributed by atoms with E-state index in [2.05, 4.69) is 67.9 Å². The second-order valence-corrected chi connectivity index (χ2v) is 15.8. The number of amides is 4. The van der Waals surface area contributed by atoms with Crippen molar-refractivity contribution < 1.29 is 28.7 Å². The number of piperidine rings is 1. The van der Waals surface area contributed by atoms with Crippen molar-refractivity contribution in [2.75, 3.05) is 14.2 Å². The van der Waals surface area contributed by atoms with Crippen LogP contribution in [0.3, 0.4) is 0 Å². The predicted molar refractivity (Wildman–Crippen MR) is 213 cm³/mol. The van der Waals surface area contributed by atoms with Gasteiger partial charge in [0, 0.05) is 6.04 Å². The molecule has 14 heteroatoms. The molecule has 2 aromatic heterocycles. The van der Waals surface area contributed by atoms with Crippen molar-refractivity contribution in [3.63, 3.8) is 0 Å². The van der Waals surface area contributed by atoms with Crippen LogP contribution in [0.5, 0.6) is 0 Å². The van der Waals surface area contributed by atoms with Crippen molar-refractivity contribution in [1.82, 2.24) is 40.4 Å². The fourth-order valence-electron chi connectivity index (χ4n) is 8.28. The first-order valence-corrected chi connectivity index (χ1v) is 19.5. The standard InChI is InChI=1S/C43H50N8O6/c1-8-30-17-18-33(50(30)40(52)36(23(2)3)48-42(54)56-6)38-44-21-31(46-38)27-13-9-25(10-14-27)26-11-15-28(16-12-26)32-22-45-39(47-32)35-20-29-19-34(29)51(35)41(53)37(24(4)5)49-43(55)57-7/h1,9-16,21-24,29-30,33-37H,17-20H2,2-7H3,(H,44,46)(H,45,47)(H,48,54)(H,49,55)/t29-,30-,33?,34-,35?,36+,37+/m1/s1. The lowest BCUT2D eigenvalue weighted by atomic mass is 10.0. The molecule has 2 saturated heterocycles. The van der Waals surface area contributed by atoms with Crippen LogP contribution in [-0.4, -0.2) is 92.1 Å². The average molecular weight is 775 g/mol. The maximum atomic E-state index is 13.8. The summed E-state index contributed by atoms with van der Waals surface area (Å²) in [5, 5.41) is 5.40. The molecule has 2 aliphatic heterocycles. The molecule has 3 aliphatic rings. The quantitative estimate of drug-likeness (QED) is 0.130. The van der Waals surface area contributed by atoms with Gasteiger partial charge in [0.05, 0.1) is 56.1 Å². The zero-order chi connectivity index (χ0) is 40.5. The topological polar surface area (TPSA) is 175 Å². The van der Waals surface area contributed by atoms with Crippen molar-refractivity contribution in [2.45, 2.75) is 89.6 Å². The number of methoxy groups -OCH3 is 2. The molecule has 2 unspecified atom stereocenters. The number of rotatable bonds is 11. The number of hydrogen-bond acceptors (Lipinski definition) is 8. The van der Waals surface area contributed by atoms with Gasteiger partial charge in [-0.25, -0.2) is 19.6 Å². The van der Waals surface area contributed by atoms with Crippen molar-refractivity contribution in [1.29, 1.82) is 0 Å². The van der Waals surface area contributed by atoms with Crippen LogP contribution in [0.25, 0.3) is 33.6 Å². The van der Waals surface area contributed by atoms with Crippen LogP contribution in [0, 0.1) is 30.1 Å². The van der Waals surface area contributed by atoms with Gasteiger partial charge in [-0.2, -0.15) is 0 Å². The van der Waals surface area contributed by atoms with Gasteiger partial charge >= 0.3 is 12.2 Å². The molecule has 0 spiro atoms. The summed E-state index contributed by atoms with van der Waals surface area (Å²) < 4.78 is 9.56. The molecule has 0 bridgehead atoms. The Bertz CT molecular complexity index is 2150. The normalized spacial score (nSPS) is 22.1. The molecule has 4 aromatic rings. The van der Waals surface area contributed by atoms with Gasteiger partial charge in [0.25, 0.3) is 0 Å². The molecule has 1 aliphatic carbocycles. The minimum Gasteiger partial charge on any atom is -0.453 e. The van der Waals surface area contributed by atoms with Gasteiger partial charge in [-0.3, -0.25) is 9.59 Å². The highest BCUT2D eigenvalue weighted by atomic mass is 16.5. The van der Waals surface area contributed by atoms with Crippen LogP contribution >= 0.6 is 0 Å². The monoisotopic (exact) mass is 774 g/mol. The predicted octanol–water partition coefficient (Wildman–Crippen LogP) is 6.22. The number of terminal acetylenes is 1. The molecular formula is C43H50N8O6. The Hall–Kier alpha value is -6.10. The number of likely N-dealkylation sites (tertiary alicyclic amines) is 2. The van der Waals surface area contributed by atoms with E-state index in [-0.39, 0.29) is 41.8 Å². The molecule has 4 heterocycles. The summed E-state index contributed by atoms with van der Waals surface area (Å²) in [6, 6.07) is 14.1. The third-order valence-corrected chi connectivity index (χ3v) is 11.5. The van der Waals surface area contributed by atoms with Crippen molar-refractivity contribution in [3.8, 4) is 46.0 Å². The van der Waals surface area contributed by atoms with Gasteiger partial charge in [0.2, 0.25) is 11.8 Å². The van der Waals surface area contributed by atoms with E-state index in [4.69, 9.17) is 20.9 Å². The van der Waals surface area contributed by atoms with Gasteiger partial charge in [0.15, 0.2) is 0 Å². The summed E-state index contributed by atoms with van der Waals surface area (Å²) in [6.45, 7) is 7.55. The highest BCUT2D eigenvalue weighted by Crippen LogP contribution is 2.53. The minimum absolute atomic E-state index is 0.104. The molecule has 7 atom stereocenters. The Morgan fingerprint density at radius 3 is 1.61 bits per heavy atom. The number of nitrogens with one attached hydrogen (secondary N) is 4. The molecule has 0 radical (unpaired) electrons. The molecule has 298 valence electrons. The molecule has 4 N–H and O–H groups in total. The van der Waals surface area contributed by atoms with Gasteiger partial charge in [-0.1, -0.05) is 82.1 Å². The first kappa shape index (κ1) is 39.1. The number of hydrogen-bond donors (Lipinski definition) is 4. The number of aromatic nitrogens is 4. The molecule has 1 saturated carbocycles. The number of alkyl carbamates (subject to hydrolysis) is 2. The Morgan fingerprint density at radius 1 is 0.702 bits per heavy atom. The van der Waals surface area contributed by atoms with E-state index in [9.17, 15) is 19.2 Å². The van der Waals surface area contributed by atoms with E-state index < -0.39 is 30.3 Å². The number of nitrogens with zero attached hydrogens (tertiary/aromatic N) is 4. The minimum atomic E-state index is -0.797. The van der Waals surface area contributed by atoms with E-state index in [1.807, 2.05) is 50.9 Å². The number of carbonyl (C=O) groups is 4. The van der Waals surface area contributed by atoms with Crippen LogP contribution in [0.2, 0.25) is 0 Å². The first-order valence-electron chi connectivity index (χ1n) is 19.5. The molecule has 2 aromatic carbocycles. The van der Waals surface area contributed by atoms with Crippen molar-refractivity contribution in [2.24, 2.45) is 17.8 Å². The van der Waals surface area contributed by atoms with Crippen molar-refractivity contribution in [3.05, 3.63) is 72.6 Å². The zero-order valence-corrected chi connectivity index (χ0v) is 33.1. The number of benzene rings is 2. The second-order valence-electron chi connectivity index (χ2n) is 15.8. The van der Waals surface area contributed by atoms with E-state index in [1.54, 1.807) is 11.1 Å². The fraction of sp³-hybridized carbons (Fsp3) is 0.442. The Balaban J connectivity index is 1.02. The van der Waals surface area contributed by atoms with Gasteiger partial charge in [-0.05, 0) is 65.7 Å². The lowest BCUT2D eigenvalue weighted by Gasteiger charge is -2.32. The zero-order valence-electron chi connectivity index (χ0n) is 33.1. The molecular weight excluding hydrogens is 725 g/mol. The lowest BCUT2D eigenvalue weighted by molar-refractivity contribution is -0.137. The number of carbonyl (C=O) groups excluding carboxylic acids is 4. The number of imidazole rings is 2. The molecule has 3 fully saturated rings. The largest absolute Gasteiger partial charge is 0.453 e. The van der Waals surface area contributed by atoms with E-state index in [0.29, 0.717) is 24.6 Å². The smallest absolute Gasteiger partial charge is 0.407 e. The van der Waals surface area contributed by atoms with E-state index in [0.717, 1.165) is 52.3 Å². The highest BCUT2D eigenvalue weighted by Gasteiger charge is 2.56. The summed E-state index contributed by atoms with van der Waals surface area (Å²) in [5.41, 5.74) is 5.66. The maximum absolute atomic E-state index is 13.8. The lowest BCUT2D eigenvalue weighted by Crippen LogP contribution is -2.52. The van der Waals surface area contributed by atoms with E-state index >= 15 is 0 Å². The summed E-state index contributed by atoms with van der Waals surface area (Å²) >= 11 is 0. The molecule has 57 heavy (non-hydrogen) atoms. The Kier molecular flexibility index (Phi) is 11.1. The summed E-state index contributed by atoms with van der Waals surface area (Å²) in [6.07, 6.45) is 11.2. The Labute approximate surface area is 332 Å². The van der Waals surface area contributed by atoms with Crippen LogP contribution < -0.4 is 10.6 Å². The van der Waals surface area contributed by atoms with Crippen molar-refractivity contribution >= 4 is 24.0 Å². The van der Waals surface area contributed by atoms with Gasteiger partial charge < -0.3 is 39.9 Å². The fourth-order valence-corrected chi connectivity index (χ4v) is 8.28. The summed E-state index contributed by atoms with van der Waals surface area (Å²) in [5.74, 6) is 3.91. The highest BCUT2D eigenvalue weighted by molar-refractivity contribution is 5.88. The molecule has 7 rings (SSSR count). The van der Waals surface area contributed by atoms with Crippen LogP contribution in [-0.2, 0) is 19.1 Å². The van der Waals surface area contributed by atoms with E-state index in [1.165, 1.54) is 14.2 Å². The van der Waals surface area contributed by atoms with Crippen LogP contribution in [0.4, 0.5) is 9.59 Å². The number of ether oxygens (including phenoxy) is 2. The maximum Gasteiger partial charge on any atom is 0.407 e. The van der Waals surface area contributed by atoms with Crippen LogP contribution in [0.15, 0.2) is 60.9 Å². The third kappa shape index (κ3) is 7.83. The average Bonchev–Trinajstić information content (AvgIpc) is 3.73. The Morgan fingerprint density at radius 2 is 1.16 bits per heavy atom. The third-order valence-electron chi connectivity index (χ3n) is 11.5. The number of fused-ring (bicyclic) bond motifs is 1. The van der Waals surface area contributed by atoms with Gasteiger partial charge in [-0.15, -0.1) is 6.42 Å². The first-order chi connectivity index (χ1) is 27.4. The summed E-state index contributed by atoms with van der Waals surface area (Å²) in [4.78, 5) is 71.5. The molecule has 14 nitrogen and oxygen atoms in total. The van der Waals surface area contributed by atoms with Gasteiger partial charge in [0.1, 0.15) is 23.7 Å². The number of aromatic amines is 2. The van der Waals surface area contributed by atoms with Crippen LogP contribution in [0.1, 0.15) is 77.1 Å². The SMILES string of the molecule is C#C[C@@H]1CCC(c2ncc(-c3ccc(-c4ccc(-c5cnc(C6C[C@H]7C[C@H]7N6C(=O)[C@@H](NC(=O)OC)C(C)C)[nH]5)cc4)cc3)[nH]2)N1C(=O)[C@@H](NC(=O)OC)C(C)C. The second kappa shape index (κ2) is 16.2.